The van der Waals surface area contributed by atoms with E-state index < -0.39 is 11.9 Å². The number of imidazole rings is 1. The van der Waals surface area contributed by atoms with Crippen molar-refractivity contribution in [1.29, 1.82) is 0 Å². The summed E-state index contributed by atoms with van der Waals surface area (Å²) in [7, 11) is 0. The van der Waals surface area contributed by atoms with Crippen molar-refractivity contribution in [1.82, 2.24) is 14.5 Å². The number of hydrogen-bond acceptors (Lipinski definition) is 3. The number of carbonyl (C=O) groups is 1. The third-order valence-electron chi connectivity index (χ3n) is 6.36. The van der Waals surface area contributed by atoms with Gasteiger partial charge in [-0.3, -0.25) is 4.79 Å². The molecule has 2 aromatic heterocycles. The van der Waals surface area contributed by atoms with Gasteiger partial charge in [-0.2, -0.15) is 13.2 Å². The summed E-state index contributed by atoms with van der Waals surface area (Å²) in [6.45, 7) is 8.03. The molecule has 0 radical (unpaired) electrons. The van der Waals surface area contributed by atoms with Gasteiger partial charge in [0, 0.05) is 18.4 Å². The van der Waals surface area contributed by atoms with E-state index in [9.17, 15) is 18.0 Å². The SMILES string of the molecule is CCCC(=O)C[C@@H](C)c1ccccc1.Cc1nc2ccc(C(F)(F)F)nc2n1C1(C)CCC1. The molecule has 0 aliphatic heterocycles. The van der Waals surface area contributed by atoms with Crippen LogP contribution in [0.15, 0.2) is 42.5 Å². The molecule has 1 atom stereocenters. The first-order valence-electron chi connectivity index (χ1n) is 11.6. The largest absolute Gasteiger partial charge is 0.433 e. The molecule has 2 heterocycles. The van der Waals surface area contributed by atoms with Gasteiger partial charge in [0.1, 0.15) is 22.8 Å². The predicted octanol–water partition coefficient (Wildman–Crippen LogP) is 7.21. The molecule has 0 amide bonds. The van der Waals surface area contributed by atoms with Crippen LogP contribution in [-0.4, -0.2) is 20.3 Å². The Hall–Kier alpha value is -2.70. The Morgan fingerprint density at radius 3 is 2.33 bits per heavy atom. The van der Waals surface area contributed by atoms with Gasteiger partial charge in [-0.05, 0) is 63.1 Å². The lowest BCUT2D eigenvalue weighted by Crippen LogP contribution is -2.38. The second kappa shape index (κ2) is 10.1. The number of rotatable bonds is 6. The summed E-state index contributed by atoms with van der Waals surface area (Å²) < 4.78 is 40.1. The van der Waals surface area contributed by atoms with Gasteiger partial charge >= 0.3 is 6.18 Å². The molecule has 178 valence electrons. The highest BCUT2D eigenvalue weighted by atomic mass is 19.4. The molecule has 3 aromatic rings. The van der Waals surface area contributed by atoms with Gasteiger partial charge in [-0.15, -0.1) is 0 Å². The number of ketones is 1. The number of aryl methyl sites for hydroxylation is 1. The van der Waals surface area contributed by atoms with Crippen molar-refractivity contribution in [3.8, 4) is 0 Å². The van der Waals surface area contributed by atoms with E-state index in [1.807, 2.05) is 43.5 Å². The molecule has 4 nitrogen and oxygen atoms in total. The fourth-order valence-electron chi connectivity index (χ4n) is 4.41. The van der Waals surface area contributed by atoms with Crippen molar-refractivity contribution >= 4 is 16.9 Å². The van der Waals surface area contributed by atoms with Crippen LogP contribution < -0.4 is 0 Å². The molecule has 4 rings (SSSR count). The maximum Gasteiger partial charge on any atom is 0.433 e. The average Bonchev–Trinajstić information content (AvgIpc) is 3.08. The number of hydrogen-bond donors (Lipinski definition) is 0. The number of aromatic nitrogens is 3. The Labute approximate surface area is 193 Å². The zero-order valence-corrected chi connectivity index (χ0v) is 19.7. The summed E-state index contributed by atoms with van der Waals surface area (Å²) in [6.07, 6.45) is 0.941. The summed E-state index contributed by atoms with van der Waals surface area (Å²) in [5, 5.41) is 0. The number of carbonyl (C=O) groups excluding carboxylic acids is 1. The number of halogens is 3. The third-order valence-corrected chi connectivity index (χ3v) is 6.36. The number of benzene rings is 1. The maximum atomic E-state index is 12.8. The molecule has 0 spiro atoms. The first-order valence-corrected chi connectivity index (χ1v) is 11.6. The topological polar surface area (TPSA) is 47.8 Å². The number of fused-ring (bicyclic) bond motifs is 1. The second-order valence-corrected chi connectivity index (χ2v) is 9.19. The standard InChI is InChI=1S/C13H14F3N3.C13H18O/c1-8-17-9-4-5-10(13(14,15)16)18-11(9)19(8)12(2)6-3-7-12;1-3-7-13(14)10-11(2)12-8-5-4-6-9-12/h4-5H,3,6-7H2,1-2H3;4-6,8-9,11H,3,7,10H2,1-2H3/t;11-/m.1/s1. The van der Waals surface area contributed by atoms with E-state index in [0.717, 1.165) is 44.0 Å². The fraction of sp³-hybridized carbons (Fsp3) is 0.500. The van der Waals surface area contributed by atoms with Crippen LogP contribution in [0, 0.1) is 6.92 Å². The number of pyridine rings is 1. The summed E-state index contributed by atoms with van der Waals surface area (Å²) in [5.41, 5.74) is 1.13. The van der Waals surface area contributed by atoms with E-state index in [2.05, 4.69) is 29.0 Å². The number of alkyl halides is 3. The van der Waals surface area contributed by atoms with Crippen LogP contribution in [0.3, 0.4) is 0 Å². The normalized spacial score (nSPS) is 16.0. The Morgan fingerprint density at radius 2 is 1.79 bits per heavy atom. The van der Waals surface area contributed by atoms with Crippen molar-refractivity contribution < 1.29 is 18.0 Å². The summed E-state index contributed by atoms with van der Waals surface area (Å²) in [4.78, 5) is 19.5. The summed E-state index contributed by atoms with van der Waals surface area (Å²) in [6, 6.07) is 12.6. The smallest absolute Gasteiger partial charge is 0.307 e. The third kappa shape index (κ3) is 5.81. The van der Waals surface area contributed by atoms with Crippen LogP contribution in [0.25, 0.3) is 11.2 Å². The van der Waals surface area contributed by atoms with Crippen molar-refractivity contribution in [2.45, 2.75) is 83.9 Å². The van der Waals surface area contributed by atoms with Crippen LogP contribution in [0.4, 0.5) is 13.2 Å². The lowest BCUT2D eigenvalue weighted by molar-refractivity contribution is -0.141. The molecule has 1 saturated carbocycles. The van der Waals surface area contributed by atoms with E-state index in [4.69, 9.17) is 0 Å². The van der Waals surface area contributed by atoms with Crippen LogP contribution >= 0.6 is 0 Å². The van der Waals surface area contributed by atoms with Gasteiger partial charge in [0.25, 0.3) is 0 Å². The molecule has 0 N–H and O–H groups in total. The van der Waals surface area contributed by atoms with Crippen LogP contribution in [-0.2, 0) is 16.5 Å². The Kier molecular flexibility index (Phi) is 7.60. The van der Waals surface area contributed by atoms with Gasteiger partial charge in [-0.25, -0.2) is 9.97 Å². The quantitative estimate of drug-likeness (QED) is 0.391. The minimum atomic E-state index is -4.42. The van der Waals surface area contributed by atoms with Gasteiger partial charge in [0.05, 0.1) is 0 Å². The van der Waals surface area contributed by atoms with Crippen LogP contribution in [0.5, 0.6) is 0 Å². The van der Waals surface area contributed by atoms with E-state index in [-0.39, 0.29) is 5.54 Å². The monoisotopic (exact) mass is 459 g/mol. The van der Waals surface area contributed by atoms with Crippen LogP contribution in [0.2, 0.25) is 0 Å². The van der Waals surface area contributed by atoms with Gasteiger partial charge in [0.2, 0.25) is 0 Å². The Bertz CT molecular complexity index is 1090. The second-order valence-electron chi connectivity index (χ2n) is 9.19. The lowest BCUT2D eigenvalue weighted by Gasteiger charge is -2.40. The zero-order valence-electron chi connectivity index (χ0n) is 19.7. The molecule has 0 bridgehead atoms. The van der Waals surface area contributed by atoms with E-state index in [1.165, 1.54) is 11.6 Å². The van der Waals surface area contributed by atoms with Gasteiger partial charge < -0.3 is 4.57 Å². The number of Topliss-reactive ketones (excluding diaryl/α,β-unsaturated/α-hetero) is 1. The summed E-state index contributed by atoms with van der Waals surface area (Å²) >= 11 is 0. The lowest BCUT2D eigenvalue weighted by atomic mass is 9.78. The molecular weight excluding hydrogens is 427 g/mol. The van der Waals surface area contributed by atoms with E-state index >= 15 is 0 Å². The van der Waals surface area contributed by atoms with Gasteiger partial charge in [0.15, 0.2) is 5.65 Å². The molecule has 7 heteroatoms. The van der Waals surface area contributed by atoms with Crippen molar-refractivity contribution in [3.05, 3.63) is 59.5 Å². The first kappa shape index (κ1) is 24.9. The van der Waals surface area contributed by atoms with Crippen molar-refractivity contribution in [2.24, 2.45) is 0 Å². The van der Waals surface area contributed by atoms with E-state index in [0.29, 0.717) is 29.3 Å². The minimum Gasteiger partial charge on any atom is -0.307 e. The molecule has 0 saturated heterocycles. The first-order chi connectivity index (χ1) is 15.5. The molecule has 1 aliphatic carbocycles. The highest BCUT2D eigenvalue weighted by Crippen LogP contribution is 2.41. The predicted molar refractivity (Wildman–Crippen MR) is 124 cm³/mol. The summed E-state index contributed by atoms with van der Waals surface area (Å²) in [5.74, 6) is 1.46. The molecule has 1 fully saturated rings. The molecule has 1 aliphatic rings. The maximum absolute atomic E-state index is 12.8. The highest BCUT2D eigenvalue weighted by Gasteiger charge is 2.38. The average molecular weight is 460 g/mol. The van der Waals surface area contributed by atoms with Crippen LogP contribution in [0.1, 0.15) is 82.3 Å². The number of nitrogens with zero attached hydrogens (tertiary/aromatic N) is 3. The highest BCUT2D eigenvalue weighted by molar-refractivity contribution is 5.79. The molecule has 0 unspecified atom stereocenters. The molecular formula is C26H32F3N3O. The Morgan fingerprint density at radius 1 is 1.12 bits per heavy atom. The van der Waals surface area contributed by atoms with Gasteiger partial charge in [-0.1, -0.05) is 44.2 Å². The zero-order chi connectivity index (χ0) is 24.2. The molecule has 1 aromatic carbocycles. The minimum absolute atomic E-state index is 0.143. The van der Waals surface area contributed by atoms with Crippen molar-refractivity contribution in [2.75, 3.05) is 0 Å². The van der Waals surface area contributed by atoms with Crippen molar-refractivity contribution in [3.63, 3.8) is 0 Å². The Balaban J connectivity index is 0.000000196. The fourth-order valence-corrected chi connectivity index (χ4v) is 4.41. The molecule has 33 heavy (non-hydrogen) atoms. The van der Waals surface area contributed by atoms with E-state index in [1.54, 1.807) is 0 Å².